The van der Waals surface area contributed by atoms with Crippen LogP contribution in [0.25, 0.3) is 0 Å². The molecule has 0 heterocycles. The van der Waals surface area contributed by atoms with Gasteiger partial charge in [0, 0.05) is 0 Å². The number of ether oxygens (including phenoxy) is 1. The van der Waals surface area contributed by atoms with Crippen LogP contribution in [0.15, 0.2) is 0 Å². The van der Waals surface area contributed by atoms with E-state index in [4.69, 9.17) is 15.0 Å². The molecule has 0 aromatic heterocycles. The van der Waals surface area contributed by atoms with Crippen LogP contribution in [0.3, 0.4) is 0 Å². The molecule has 0 amide bonds. The fourth-order valence-corrected chi connectivity index (χ4v) is 0.561. The van der Waals surface area contributed by atoms with Gasteiger partial charge in [-0.05, 0) is 12.1 Å². The summed E-state index contributed by atoms with van der Waals surface area (Å²) in [5.74, 6) is 0. The van der Waals surface area contributed by atoms with E-state index in [1.807, 2.05) is 0 Å². The van der Waals surface area contributed by atoms with Crippen molar-refractivity contribution in [1.82, 2.24) is 0 Å². The Morgan fingerprint density at radius 1 is 1.78 bits per heavy atom. The molecule has 5 heteroatoms. The van der Waals surface area contributed by atoms with Crippen molar-refractivity contribution < 1.29 is 9.53 Å². The van der Waals surface area contributed by atoms with Gasteiger partial charge in [-0.1, -0.05) is 0 Å². The number of carbonyl (C=O) groups excluding carboxylic acids is 1. The Labute approximate surface area is 61.4 Å². The average molecular weight is 140 g/mol. The highest BCUT2D eigenvalue weighted by atomic mass is 32.2. The van der Waals surface area contributed by atoms with E-state index in [2.05, 4.69) is 4.74 Å². The molecule has 0 N–H and O–H groups in total. The summed E-state index contributed by atoms with van der Waals surface area (Å²) in [6.07, 6.45) is -0.322. The van der Waals surface area contributed by atoms with Gasteiger partial charge in [0.2, 0.25) is 0 Å². The molecule has 0 bridgehead atoms. The van der Waals surface area contributed by atoms with E-state index >= 15 is 0 Å². The van der Waals surface area contributed by atoms with Crippen LogP contribution in [0, 0.1) is 0 Å². The predicted molar refractivity (Wildman–Crippen MR) is 39.5 cm³/mol. The highest BCUT2D eigenvalue weighted by molar-refractivity contribution is 8.20. The van der Waals surface area contributed by atoms with E-state index in [0.717, 1.165) is 11.6 Å². The van der Waals surface area contributed by atoms with Crippen molar-refractivity contribution in [2.75, 3.05) is 0 Å². The van der Waals surface area contributed by atoms with Crippen LogP contribution in [-0.4, -0.2) is 32.7 Å². The first-order valence-corrected chi connectivity index (χ1v) is 3.37. The lowest BCUT2D eigenvalue weighted by Crippen LogP contribution is -2.22. The minimum Gasteiger partial charge on any atom is -0.465 e. The van der Waals surface area contributed by atoms with Gasteiger partial charge in [0.15, 0.2) is 7.12 Å². The van der Waals surface area contributed by atoms with Gasteiger partial charge in [-0.3, -0.25) is 4.79 Å². The summed E-state index contributed by atoms with van der Waals surface area (Å²) in [4.78, 5) is 9.71. The summed E-state index contributed by atoms with van der Waals surface area (Å²) in [5.41, 5.74) is 0. The van der Waals surface area contributed by atoms with Gasteiger partial charge in [0.1, 0.15) is 6.10 Å². The number of carbonyl (C=O) groups is 1. The summed E-state index contributed by atoms with van der Waals surface area (Å²) < 4.78 is 4.49. The third-order valence-electron chi connectivity index (χ3n) is 0.890. The van der Waals surface area contributed by atoms with Crippen molar-refractivity contribution in [3.63, 3.8) is 0 Å². The molecule has 0 rings (SSSR count). The largest absolute Gasteiger partial charge is 0.465 e. The third kappa shape index (κ3) is 3.51. The molecule has 2 nitrogen and oxygen atoms in total. The van der Waals surface area contributed by atoms with Crippen LogP contribution >= 0.6 is 11.6 Å². The maximum absolute atomic E-state index is 9.71. The monoisotopic (exact) mass is 140 g/mol. The van der Waals surface area contributed by atoms with E-state index in [1.54, 1.807) is 6.92 Å². The molecule has 0 aliphatic carbocycles. The van der Waals surface area contributed by atoms with Gasteiger partial charge >= 0.3 is 0 Å². The Morgan fingerprint density at radius 2 is 2.33 bits per heavy atom. The SMILES string of the molecule is [B]SC([B])C(C)OC=O. The van der Waals surface area contributed by atoms with E-state index in [1.165, 1.54) is 0 Å². The first-order chi connectivity index (χ1) is 4.22. The van der Waals surface area contributed by atoms with Crippen LogP contribution < -0.4 is 0 Å². The second-order valence-electron chi connectivity index (χ2n) is 1.54. The molecule has 46 valence electrons. The first kappa shape index (κ1) is 8.95. The smallest absolute Gasteiger partial charge is 0.293 e. The standard InChI is InChI=1S/C4H6B2O2S/c1-3(8-2-7)4(5)9-6/h2-4H,1H3. The Kier molecular flexibility index (Phi) is 4.77. The molecule has 9 heavy (non-hydrogen) atoms. The Bertz CT molecular complexity index is 90.6. The molecular formula is C4H6B2O2S. The van der Waals surface area contributed by atoms with Crippen molar-refractivity contribution in [1.29, 1.82) is 0 Å². The molecule has 0 aromatic rings. The van der Waals surface area contributed by atoms with Crippen molar-refractivity contribution in [3.05, 3.63) is 0 Å². The molecule has 0 aliphatic heterocycles. The van der Waals surface area contributed by atoms with E-state index in [-0.39, 0.29) is 11.3 Å². The zero-order chi connectivity index (χ0) is 7.28. The summed E-state index contributed by atoms with van der Waals surface area (Å²) in [7, 11) is 10.5. The van der Waals surface area contributed by atoms with Crippen LogP contribution in [0.2, 0.25) is 0 Å². The number of hydrogen-bond acceptors (Lipinski definition) is 3. The lowest BCUT2D eigenvalue weighted by Gasteiger charge is -2.15. The zero-order valence-electron chi connectivity index (χ0n) is 5.11. The van der Waals surface area contributed by atoms with Gasteiger partial charge in [-0.25, -0.2) is 11.6 Å². The molecule has 0 spiro atoms. The summed E-state index contributed by atoms with van der Waals surface area (Å²) in [6, 6.07) is 0. The second-order valence-corrected chi connectivity index (χ2v) is 2.35. The molecule has 0 aliphatic rings. The Balaban J connectivity index is 3.44. The van der Waals surface area contributed by atoms with Crippen LogP contribution in [0.5, 0.6) is 0 Å². The third-order valence-corrected chi connectivity index (χ3v) is 1.59. The molecular weight excluding hydrogens is 134 g/mol. The lowest BCUT2D eigenvalue weighted by molar-refractivity contribution is -0.132. The first-order valence-electron chi connectivity index (χ1n) is 2.42. The van der Waals surface area contributed by atoms with Gasteiger partial charge in [-0.15, -0.1) is 0 Å². The van der Waals surface area contributed by atoms with Crippen molar-refractivity contribution in [2.45, 2.75) is 18.2 Å². The molecule has 4 radical (unpaired) electrons. The van der Waals surface area contributed by atoms with Crippen LogP contribution in [0.4, 0.5) is 0 Å². The molecule has 2 unspecified atom stereocenters. The summed E-state index contributed by atoms with van der Waals surface area (Å²) in [5, 5.41) is -0.338. The average Bonchev–Trinajstić information content (AvgIpc) is 1.87. The quantitative estimate of drug-likeness (QED) is 0.401. The maximum atomic E-state index is 9.71. The highest BCUT2D eigenvalue weighted by Crippen LogP contribution is 2.07. The number of rotatable bonds is 4. The fourth-order valence-electron chi connectivity index (χ4n) is 0.276. The van der Waals surface area contributed by atoms with Gasteiger partial charge < -0.3 is 4.74 Å². The molecule has 0 saturated carbocycles. The van der Waals surface area contributed by atoms with Crippen LogP contribution in [-0.2, 0) is 9.53 Å². The summed E-state index contributed by atoms with van der Waals surface area (Å²) in [6.45, 7) is 2.04. The Morgan fingerprint density at radius 3 is 2.67 bits per heavy atom. The van der Waals surface area contributed by atoms with Crippen molar-refractivity contribution in [2.24, 2.45) is 0 Å². The topological polar surface area (TPSA) is 26.3 Å². The lowest BCUT2D eigenvalue weighted by atomic mass is 9.99. The molecule has 2 atom stereocenters. The zero-order valence-corrected chi connectivity index (χ0v) is 5.93. The predicted octanol–water partition coefficient (Wildman–Crippen LogP) is -0.141. The molecule has 0 aromatic carbocycles. The minimum absolute atomic E-state index is 0.322. The van der Waals surface area contributed by atoms with Crippen molar-refractivity contribution >= 4 is 33.1 Å². The molecule has 0 saturated heterocycles. The van der Waals surface area contributed by atoms with Gasteiger partial charge in [0.05, 0.1) is 7.85 Å². The van der Waals surface area contributed by atoms with Gasteiger partial charge in [0.25, 0.3) is 6.47 Å². The highest BCUT2D eigenvalue weighted by Gasteiger charge is 2.08. The van der Waals surface area contributed by atoms with E-state index < -0.39 is 0 Å². The summed E-state index contributed by atoms with van der Waals surface area (Å²) >= 11 is 0.967. The maximum Gasteiger partial charge on any atom is 0.293 e. The van der Waals surface area contributed by atoms with E-state index in [0.29, 0.717) is 6.47 Å². The number of hydrogen-bond donors (Lipinski definition) is 0. The van der Waals surface area contributed by atoms with Crippen LogP contribution in [0.1, 0.15) is 6.92 Å². The molecule has 0 fully saturated rings. The van der Waals surface area contributed by atoms with E-state index in [9.17, 15) is 4.79 Å². The fraction of sp³-hybridized carbons (Fsp3) is 0.750. The van der Waals surface area contributed by atoms with Gasteiger partial charge in [-0.2, -0.15) is 0 Å². The normalized spacial score (nSPS) is 16.1. The minimum atomic E-state index is -0.338. The van der Waals surface area contributed by atoms with Crippen molar-refractivity contribution in [3.8, 4) is 0 Å². The second kappa shape index (κ2) is 4.79. The Hall–Kier alpha value is -0.0501.